The van der Waals surface area contributed by atoms with E-state index in [0.29, 0.717) is 6.04 Å². The molecule has 100 valence electrons. The Morgan fingerprint density at radius 3 is 2.18 bits per heavy atom. The average Bonchev–Trinajstić information content (AvgIpc) is 2.20. The van der Waals surface area contributed by atoms with Crippen LogP contribution in [0.4, 0.5) is 0 Å². The van der Waals surface area contributed by atoms with Crippen LogP contribution in [0.1, 0.15) is 71.6 Å². The van der Waals surface area contributed by atoms with Gasteiger partial charge in [-0.05, 0) is 39.5 Å². The van der Waals surface area contributed by atoms with Crippen molar-refractivity contribution in [1.29, 1.82) is 0 Å². The van der Waals surface area contributed by atoms with Crippen molar-refractivity contribution in [2.75, 3.05) is 6.61 Å². The van der Waals surface area contributed by atoms with Gasteiger partial charge < -0.3 is 10.1 Å². The van der Waals surface area contributed by atoms with Crippen molar-refractivity contribution in [2.45, 2.75) is 89.3 Å². The Balaban J connectivity index is 1.78. The van der Waals surface area contributed by atoms with E-state index in [2.05, 4.69) is 19.2 Å². The molecule has 1 unspecified atom stereocenters. The maximum absolute atomic E-state index is 5.79. The van der Waals surface area contributed by atoms with E-state index in [0.717, 1.165) is 12.6 Å². The first kappa shape index (κ1) is 13.4. The molecule has 2 fully saturated rings. The summed E-state index contributed by atoms with van der Waals surface area (Å²) in [5.74, 6) is 0. The Hall–Kier alpha value is -0.0800. The first-order valence-electron chi connectivity index (χ1n) is 7.56. The molecule has 1 aliphatic carbocycles. The molecule has 1 heterocycles. The van der Waals surface area contributed by atoms with Gasteiger partial charge in [-0.2, -0.15) is 0 Å². The fourth-order valence-corrected chi connectivity index (χ4v) is 3.33. The van der Waals surface area contributed by atoms with Gasteiger partial charge in [0, 0.05) is 18.7 Å². The van der Waals surface area contributed by atoms with E-state index < -0.39 is 0 Å². The summed E-state index contributed by atoms with van der Waals surface area (Å²) in [7, 11) is 0. The van der Waals surface area contributed by atoms with Crippen LogP contribution in [0.5, 0.6) is 0 Å². The molecule has 0 amide bonds. The van der Waals surface area contributed by atoms with Crippen molar-refractivity contribution < 1.29 is 4.74 Å². The predicted octanol–water partition coefficient (Wildman–Crippen LogP) is 3.65. The summed E-state index contributed by atoms with van der Waals surface area (Å²) in [6, 6.07) is 1.46. The van der Waals surface area contributed by atoms with Crippen LogP contribution in [0.2, 0.25) is 0 Å². The van der Waals surface area contributed by atoms with E-state index in [1.807, 2.05) is 0 Å². The molecule has 0 aromatic heterocycles. The van der Waals surface area contributed by atoms with E-state index in [9.17, 15) is 0 Å². The highest BCUT2D eigenvalue weighted by Gasteiger charge is 2.29. The van der Waals surface area contributed by atoms with Crippen LogP contribution in [0, 0.1) is 0 Å². The van der Waals surface area contributed by atoms with Gasteiger partial charge in [-0.3, -0.25) is 0 Å². The predicted molar refractivity (Wildman–Crippen MR) is 72.3 cm³/mol. The van der Waals surface area contributed by atoms with Gasteiger partial charge in [-0.1, -0.05) is 32.1 Å². The summed E-state index contributed by atoms with van der Waals surface area (Å²) in [6.45, 7) is 5.37. The zero-order valence-electron chi connectivity index (χ0n) is 11.6. The fraction of sp³-hybridized carbons (Fsp3) is 1.00. The summed E-state index contributed by atoms with van der Waals surface area (Å²) < 4.78 is 5.79. The molecule has 2 rings (SSSR count). The van der Waals surface area contributed by atoms with Gasteiger partial charge >= 0.3 is 0 Å². The van der Waals surface area contributed by atoms with Crippen molar-refractivity contribution in [3.8, 4) is 0 Å². The summed E-state index contributed by atoms with van der Waals surface area (Å²) in [6.07, 6.45) is 12.3. The maximum atomic E-state index is 5.79. The lowest BCUT2D eigenvalue weighted by molar-refractivity contribution is -0.0644. The van der Waals surface area contributed by atoms with E-state index in [4.69, 9.17) is 4.74 Å². The average molecular weight is 239 g/mol. The first-order valence-corrected chi connectivity index (χ1v) is 7.56. The molecule has 0 aromatic rings. The lowest BCUT2D eigenvalue weighted by Gasteiger charge is -2.38. The molecule has 1 saturated carbocycles. The molecule has 0 spiro atoms. The van der Waals surface area contributed by atoms with Crippen LogP contribution in [0.15, 0.2) is 0 Å². The van der Waals surface area contributed by atoms with E-state index in [1.54, 1.807) is 0 Å². The molecule has 17 heavy (non-hydrogen) atoms. The molecular weight excluding hydrogens is 210 g/mol. The van der Waals surface area contributed by atoms with Gasteiger partial charge in [-0.15, -0.1) is 0 Å². The van der Waals surface area contributed by atoms with Crippen LogP contribution in [-0.4, -0.2) is 24.3 Å². The summed E-state index contributed by atoms with van der Waals surface area (Å²) in [4.78, 5) is 0. The quantitative estimate of drug-likeness (QED) is 0.794. The molecular formula is C15H29NO. The Kier molecular flexibility index (Phi) is 4.87. The molecule has 0 bridgehead atoms. The second-order valence-corrected chi connectivity index (χ2v) is 6.51. The summed E-state index contributed by atoms with van der Waals surface area (Å²) in [5, 5.41) is 3.90. The number of nitrogens with one attached hydrogen (secondary N) is 1. The van der Waals surface area contributed by atoms with Crippen molar-refractivity contribution in [3.05, 3.63) is 0 Å². The zero-order chi connectivity index (χ0) is 12.1. The highest BCUT2D eigenvalue weighted by Crippen LogP contribution is 2.25. The largest absolute Gasteiger partial charge is 0.375 e. The number of hydrogen-bond donors (Lipinski definition) is 1. The molecule has 1 atom stereocenters. The van der Waals surface area contributed by atoms with E-state index in [-0.39, 0.29) is 5.60 Å². The van der Waals surface area contributed by atoms with Crippen LogP contribution >= 0.6 is 0 Å². The lowest BCUT2D eigenvalue weighted by atomic mass is 9.91. The lowest BCUT2D eigenvalue weighted by Crippen LogP contribution is -2.47. The van der Waals surface area contributed by atoms with Gasteiger partial charge in [0.25, 0.3) is 0 Å². The van der Waals surface area contributed by atoms with Crippen molar-refractivity contribution in [2.24, 2.45) is 0 Å². The molecule has 2 aliphatic rings. The number of ether oxygens (including phenoxy) is 1. The maximum Gasteiger partial charge on any atom is 0.0641 e. The van der Waals surface area contributed by atoms with E-state index >= 15 is 0 Å². The second kappa shape index (κ2) is 6.19. The molecule has 0 radical (unpaired) electrons. The normalized spacial score (nSPS) is 31.8. The third-order valence-corrected chi connectivity index (χ3v) is 4.27. The molecule has 1 aliphatic heterocycles. The fourth-order valence-electron chi connectivity index (χ4n) is 3.33. The Bertz CT molecular complexity index is 219. The topological polar surface area (TPSA) is 21.3 Å². The molecule has 2 nitrogen and oxygen atoms in total. The van der Waals surface area contributed by atoms with Gasteiger partial charge in [0.2, 0.25) is 0 Å². The first-order chi connectivity index (χ1) is 8.16. The highest BCUT2D eigenvalue weighted by molar-refractivity contribution is 4.85. The summed E-state index contributed by atoms with van der Waals surface area (Å²) >= 11 is 0. The Morgan fingerprint density at radius 2 is 1.53 bits per heavy atom. The van der Waals surface area contributed by atoms with Crippen LogP contribution in [0.3, 0.4) is 0 Å². The number of rotatable bonds is 2. The monoisotopic (exact) mass is 239 g/mol. The van der Waals surface area contributed by atoms with Gasteiger partial charge in [0.05, 0.1) is 5.60 Å². The van der Waals surface area contributed by atoms with Crippen LogP contribution in [-0.2, 0) is 4.74 Å². The smallest absolute Gasteiger partial charge is 0.0641 e. The van der Waals surface area contributed by atoms with Crippen LogP contribution < -0.4 is 5.32 Å². The molecule has 1 N–H and O–H groups in total. The molecule has 2 heteroatoms. The highest BCUT2D eigenvalue weighted by atomic mass is 16.5. The molecule has 0 aromatic carbocycles. The standard InChI is InChI=1S/C15H29NO/c1-15(2)12-14(10-11-17-15)16-13-8-6-4-3-5-7-9-13/h13-14,16H,3-12H2,1-2H3. The van der Waals surface area contributed by atoms with Gasteiger partial charge in [0.15, 0.2) is 0 Å². The minimum absolute atomic E-state index is 0.0809. The van der Waals surface area contributed by atoms with Crippen molar-refractivity contribution in [3.63, 3.8) is 0 Å². The third-order valence-electron chi connectivity index (χ3n) is 4.27. The van der Waals surface area contributed by atoms with Gasteiger partial charge in [-0.25, -0.2) is 0 Å². The molecule has 1 saturated heterocycles. The van der Waals surface area contributed by atoms with Gasteiger partial charge in [0.1, 0.15) is 0 Å². The minimum atomic E-state index is 0.0809. The van der Waals surface area contributed by atoms with Crippen molar-refractivity contribution >= 4 is 0 Å². The Morgan fingerprint density at radius 1 is 0.882 bits per heavy atom. The summed E-state index contributed by atoms with van der Waals surface area (Å²) in [5.41, 5.74) is 0.0809. The second-order valence-electron chi connectivity index (χ2n) is 6.51. The minimum Gasteiger partial charge on any atom is -0.375 e. The zero-order valence-corrected chi connectivity index (χ0v) is 11.6. The van der Waals surface area contributed by atoms with Crippen molar-refractivity contribution in [1.82, 2.24) is 5.32 Å². The Labute approximate surface area is 107 Å². The van der Waals surface area contributed by atoms with E-state index in [1.165, 1.54) is 57.8 Å². The number of hydrogen-bond acceptors (Lipinski definition) is 2. The third kappa shape index (κ3) is 4.59. The van der Waals surface area contributed by atoms with Crippen LogP contribution in [0.25, 0.3) is 0 Å². The SMILES string of the molecule is CC1(C)CC(NC2CCCCCCC2)CCO1.